The first-order valence-electron chi connectivity index (χ1n) is 9.74. The standard InChI is InChI=1S/C22H27NO4S/c1-3-20(25-4-2)22(24)27-18-11-9-17(10-12-18)26-15-13-23-14-16-28-21-8-6-5-7-19(21)23/h5-12,20H,3-4,13-16H2,1-2H3. The minimum absolute atomic E-state index is 0.361. The zero-order chi connectivity index (χ0) is 19.8. The number of carbonyl (C=O) groups excluding carboxylic acids is 1. The third-order valence-electron chi connectivity index (χ3n) is 4.50. The zero-order valence-electron chi connectivity index (χ0n) is 16.4. The van der Waals surface area contributed by atoms with Gasteiger partial charge in [-0.1, -0.05) is 19.1 Å². The molecule has 6 heteroatoms. The van der Waals surface area contributed by atoms with Crippen LogP contribution < -0.4 is 14.4 Å². The fourth-order valence-electron chi connectivity index (χ4n) is 3.07. The van der Waals surface area contributed by atoms with Crippen molar-refractivity contribution in [2.75, 3.05) is 37.0 Å². The molecule has 1 aliphatic heterocycles. The molecule has 3 rings (SSSR count). The van der Waals surface area contributed by atoms with E-state index >= 15 is 0 Å². The zero-order valence-corrected chi connectivity index (χ0v) is 17.2. The maximum atomic E-state index is 12.1. The third kappa shape index (κ3) is 5.42. The second-order valence-electron chi connectivity index (χ2n) is 6.40. The summed E-state index contributed by atoms with van der Waals surface area (Å²) in [5.41, 5.74) is 1.28. The van der Waals surface area contributed by atoms with Crippen LogP contribution in [-0.4, -0.2) is 44.1 Å². The van der Waals surface area contributed by atoms with Crippen LogP contribution in [0.15, 0.2) is 53.4 Å². The van der Waals surface area contributed by atoms with E-state index < -0.39 is 6.10 Å². The fraction of sp³-hybridized carbons (Fsp3) is 0.409. The Morgan fingerprint density at radius 1 is 1.11 bits per heavy atom. The molecule has 1 heterocycles. The van der Waals surface area contributed by atoms with E-state index in [1.165, 1.54) is 10.6 Å². The lowest BCUT2D eigenvalue weighted by molar-refractivity contribution is -0.147. The average Bonchev–Trinajstić information content (AvgIpc) is 2.73. The molecule has 5 nitrogen and oxygen atoms in total. The van der Waals surface area contributed by atoms with Gasteiger partial charge >= 0.3 is 5.97 Å². The topological polar surface area (TPSA) is 48.0 Å². The van der Waals surface area contributed by atoms with Gasteiger partial charge in [-0.25, -0.2) is 4.79 Å². The molecule has 0 aliphatic carbocycles. The van der Waals surface area contributed by atoms with Crippen LogP contribution in [0.5, 0.6) is 11.5 Å². The van der Waals surface area contributed by atoms with E-state index in [0.29, 0.717) is 25.4 Å². The molecule has 0 spiro atoms. The number of nitrogens with zero attached hydrogens (tertiary/aromatic N) is 1. The van der Waals surface area contributed by atoms with Crippen LogP contribution in [0.2, 0.25) is 0 Å². The highest BCUT2D eigenvalue weighted by atomic mass is 32.2. The van der Waals surface area contributed by atoms with Crippen LogP contribution in [0, 0.1) is 0 Å². The second-order valence-corrected chi connectivity index (χ2v) is 7.53. The summed E-state index contributed by atoms with van der Waals surface area (Å²) < 4.78 is 16.6. The number of hydrogen-bond donors (Lipinski definition) is 0. The number of ether oxygens (including phenoxy) is 3. The van der Waals surface area contributed by atoms with Gasteiger partial charge in [-0.3, -0.25) is 0 Å². The van der Waals surface area contributed by atoms with Crippen LogP contribution in [0.4, 0.5) is 5.69 Å². The van der Waals surface area contributed by atoms with Crippen LogP contribution in [0.1, 0.15) is 20.3 Å². The number of hydrogen-bond acceptors (Lipinski definition) is 6. The monoisotopic (exact) mass is 401 g/mol. The first-order valence-corrected chi connectivity index (χ1v) is 10.7. The minimum atomic E-state index is -0.522. The Morgan fingerprint density at radius 3 is 2.61 bits per heavy atom. The molecule has 1 unspecified atom stereocenters. The van der Waals surface area contributed by atoms with Crippen molar-refractivity contribution in [2.24, 2.45) is 0 Å². The van der Waals surface area contributed by atoms with Gasteiger partial charge in [-0.05, 0) is 49.7 Å². The predicted octanol–water partition coefficient (Wildman–Crippen LogP) is 4.40. The molecule has 28 heavy (non-hydrogen) atoms. The summed E-state index contributed by atoms with van der Waals surface area (Å²) in [6, 6.07) is 15.6. The van der Waals surface area contributed by atoms with Crippen molar-refractivity contribution >= 4 is 23.4 Å². The van der Waals surface area contributed by atoms with Gasteiger partial charge in [0.1, 0.15) is 18.1 Å². The smallest absolute Gasteiger partial charge is 0.340 e. The second kappa shape index (κ2) is 10.4. The first kappa shape index (κ1) is 20.6. The van der Waals surface area contributed by atoms with Crippen molar-refractivity contribution in [1.82, 2.24) is 0 Å². The molecule has 0 radical (unpaired) electrons. The first-order chi connectivity index (χ1) is 13.7. The normalized spacial score (nSPS) is 14.3. The van der Waals surface area contributed by atoms with E-state index in [0.717, 1.165) is 24.6 Å². The number of rotatable bonds is 9. The number of thioether (sulfide) groups is 1. The van der Waals surface area contributed by atoms with Crippen molar-refractivity contribution < 1.29 is 19.0 Å². The molecule has 1 aliphatic rings. The molecule has 0 saturated heterocycles. The van der Waals surface area contributed by atoms with Gasteiger partial charge in [0.15, 0.2) is 6.10 Å². The molecule has 0 fully saturated rings. The van der Waals surface area contributed by atoms with Gasteiger partial charge in [0.2, 0.25) is 0 Å². The molecule has 1 atom stereocenters. The lowest BCUT2D eigenvalue weighted by atomic mass is 10.2. The summed E-state index contributed by atoms with van der Waals surface area (Å²) in [7, 11) is 0. The van der Waals surface area contributed by atoms with Gasteiger partial charge < -0.3 is 19.1 Å². The highest BCUT2D eigenvalue weighted by molar-refractivity contribution is 7.99. The van der Waals surface area contributed by atoms with Crippen molar-refractivity contribution in [1.29, 1.82) is 0 Å². The molecule has 0 bridgehead atoms. The molecule has 150 valence electrons. The van der Waals surface area contributed by atoms with E-state index in [2.05, 4.69) is 29.2 Å². The number of anilines is 1. The Balaban J connectivity index is 1.48. The van der Waals surface area contributed by atoms with Gasteiger partial charge in [0, 0.05) is 23.8 Å². The Hall–Kier alpha value is -2.18. The van der Waals surface area contributed by atoms with E-state index in [-0.39, 0.29) is 5.97 Å². The number of benzene rings is 2. The fourth-order valence-corrected chi connectivity index (χ4v) is 4.12. The van der Waals surface area contributed by atoms with Crippen LogP contribution in [0.3, 0.4) is 0 Å². The molecule has 0 saturated carbocycles. The predicted molar refractivity (Wildman–Crippen MR) is 113 cm³/mol. The van der Waals surface area contributed by atoms with E-state index in [1.807, 2.05) is 37.7 Å². The van der Waals surface area contributed by atoms with Crippen molar-refractivity contribution in [2.45, 2.75) is 31.3 Å². The average molecular weight is 402 g/mol. The summed E-state index contributed by atoms with van der Waals surface area (Å²) in [5.74, 6) is 1.99. The van der Waals surface area contributed by atoms with E-state index in [4.69, 9.17) is 14.2 Å². The van der Waals surface area contributed by atoms with Gasteiger partial charge in [0.25, 0.3) is 0 Å². The number of para-hydroxylation sites is 1. The van der Waals surface area contributed by atoms with Crippen LogP contribution >= 0.6 is 11.8 Å². The van der Waals surface area contributed by atoms with Gasteiger partial charge in [-0.15, -0.1) is 11.8 Å². The number of fused-ring (bicyclic) bond motifs is 1. The lowest BCUT2D eigenvalue weighted by Gasteiger charge is -2.30. The van der Waals surface area contributed by atoms with Crippen molar-refractivity contribution in [3.8, 4) is 11.5 Å². The molecule has 2 aromatic rings. The van der Waals surface area contributed by atoms with Gasteiger partial charge in [-0.2, -0.15) is 0 Å². The third-order valence-corrected chi connectivity index (χ3v) is 5.54. The maximum Gasteiger partial charge on any atom is 0.340 e. The molecule has 2 aromatic carbocycles. The molecule has 0 aromatic heterocycles. The molecular formula is C22H27NO4S. The van der Waals surface area contributed by atoms with Crippen LogP contribution in [0.25, 0.3) is 0 Å². The Kier molecular flexibility index (Phi) is 7.62. The lowest BCUT2D eigenvalue weighted by Crippen LogP contribution is -2.33. The summed E-state index contributed by atoms with van der Waals surface area (Å²) in [4.78, 5) is 15.8. The van der Waals surface area contributed by atoms with E-state index in [1.54, 1.807) is 12.1 Å². The maximum absolute atomic E-state index is 12.1. The summed E-state index contributed by atoms with van der Waals surface area (Å²) in [6.07, 6.45) is 0.0675. The van der Waals surface area contributed by atoms with Crippen LogP contribution in [-0.2, 0) is 9.53 Å². The quantitative estimate of drug-likeness (QED) is 0.459. The van der Waals surface area contributed by atoms with Crippen molar-refractivity contribution in [3.63, 3.8) is 0 Å². The number of esters is 1. The summed E-state index contributed by atoms with van der Waals surface area (Å²) in [6.45, 7) is 6.71. The summed E-state index contributed by atoms with van der Waals surface area (Å²) >= 11 is 1.90. The SMILES string of the molecule is CCOC(CC)C(=O)Oc1ccc(OCCN2CCSc3ccccc32)cc1. The van der Waals surface area contributed by atoms with E-state index in [9.17, 15) is 4.79 Å². The number of carbonyl (C=O) groups is 1. The Labute approximate surface area is 171 Å². The Bertz CT molecular complexity index is 765. The molecule has 0 amide bonds. The Morgan fingerprint density at radius 2 is 1.86 bits per heavy atom. The van der Waals surface area contributed by atoms with Gasteiger partial charge in [0.05, 0.1) is 12.2 Å². The summed E-state index contributed by atoms with van der Waals surface area (Å²) in [5, 5.41) is 0. The highest BCUT2D eigenvalue weighted by Crippen LogP contribution is 2.34. The molecule has 0 N–H and O–H groups in total. The van der Waals surface area contributed by atoms with Crippen molar-refractivity contribution in [3.05, 3.63) is 48.5 Å². The minimum Gasteiger partial charge on any atom is -0.492 e. The highest BCUT2D eigenvalue weighted by Gasteiger charge is 2.19. The molecular weight excluding hydrogens is 374 g/mol. The largest absolute Gasteiger partial charge is 0.492 e.